The molecule has 3 rings (SSSR count). The number of hydrogen-bond acceptors (Lipinski definition) is 3. The fourth-order valence-corrected chi connectivity index (χ4v) is 2.43. The quantitative estimate of drug-likeness (QED) is 0.717. The summed E-state index contributed by atoms with van der Waals surface area (Å²) in [7, 11) is 0. The van der Waals surface area contributed by atoms with Crippen molar-refractivity contribution in [3.63, 3.8) is 0 Å². The number of ether oxygens (including phenoxy) is 1. The average molecular weight is 332 g/mol. The Labute approximate surface area is 147 Å². The molecule has 0 radical (unpaired) electrons. The molecule has 0 heterocycles. The molecule has 1 atom stereocenters. The first-order valence-electron chi connectivity index (χ1n) is 8.14. The summed E-state index contributed by atoms with van der Waals surface area (Å²) in [6.07, 6.45) is 0.502. The Morgan fingerprint density at radius 1 is 0.840 bits per heavy atom. The minimum Gasteiger partial charge on any atom is -0.457 e. The van der Waals surface area contributed by atoms with E-state index in [9.17, 15) is 4.79 Å². The summed E-state index contributed by atoms with van der Waals surface area (Å²) in [6.45, 7) is 0. The Bertz CT molecular complexity index is 802. The van der Waals surface area contributed by atoms with Crippen LogP contribution in [-0.4, -0.2) is 11.9 Å². The molecular weight excluding hydrogens is 312 g/mol. The van der Waals surface area contributed by atoms with Gasteiger partial charge in [-0.3, -0.25) is 4.79 Å². The zero-order valence-electron chi connectivity index (χ0n) is 13.8. The Hall–Kier alpha value is -3.11. The molecule has 0 aliphatic carbocycles. The van der Waals surface area contributed by atoms with Crippen LogP contribution in [0.1, 0.15) is 5.56 Å². The van der Waals surface area contributed by atoms with Gasteiger partial charge in [0.15, 0.2) is 0 Å². The van der Waals surface area contributed by atoms with Crippen molar-refractivity contribution in [2.75, 3.05) is 5.32 Å². The van der Waals surface area contributed by atoms with E-state index in [1.165, 1.54) is 0 Å². The summed E-state index contributed by atoms with van der Waals surface area (Å²) in [5, 5.41) is 2.83. The maximum atomic E-state index is 12.2. The Kier molecular flexibility index (Phi) is 5.44. The van der Waals surface area contributed by atoms with Crippen molar-refractivity contribution >= 4 is 11.6 Å². The lowest BCUT2D eigenvalue weighted by Crippen LogP contribution is -2.37. The molecular formula is C21H20N2O2. The fraction of sp³-hybridized carbons (Fsp3) is 0.0952. The number of anilines is 1. The van der Waals surface area contributed by atoms with Crippen LogP contribution in [0.25, 0.3) is 0 Å². The maximum absolute atomic E-state index is 12.2. The highest BCUT2D eigenvalue weighted by Gasteiger charge is 2.14. The molecule has 3 N–H and O–H groups in total. The number of benzene rings is 3. The van der Waals surface area contributed by atoms with Gasteiger partial charge in [0.05, 0.1) is 6.04 Å². The van der Waals surface area contributed by atoms with Gasteiger partial charge in [-0.1, -0.05) is 48.5 Å². The van der Waals surface area contributed by atoms with E-state index < -0.39 is 6.04 Å². The van der Waals surface area contributed by atoms with E-state index in [4.69, 9.17) is 10.5 Å². The molecule has 0 saturated heterocycles. The number of nitrogens with two attached hydrogens (primary N) is 1. The number of amides is 1. The number of rotatable bonds is 6. The predicted molar refractivity (Wildman–Crippen MR) is 99.7 cm³/mol. The fourth-order valence-electron chi connectivity index (χ4n) is 2.43. The van der Waals surface area contributed by atoms with E-state index in [0.717, 1.165) is 11.3 Å². The van der Waals surface area contributed by atoms with Gasteiger partial charge in [-0.2, -0.15) is 0 Å². The van der Waals surface area contributed by atoms with Gasteiger partial charge in [0.25, 0.3) is 0 Å². The second-order valence-electron chi connectivity index (χ2n) is 5.72. The van der Waals surface area contributed by atoms with E-state index in [-0.39, 0.29) is 5.91 Å². The first kappa shape index (κ1) is 16.7. The smallest absolute Gasteiger partial charge is 0.241 e. The van der Waals surface area contributed by atoms with Gasteiger partial charge in [-0.05, 0) is 48.4 Å². The van der Waals surface area contributed by atoms with Crippen LogP contribution in [-0.2, 0) is 11.2 Å². The normalized spacial score (nSPS) is 11.6. The molecule has 0 spiro atoms. The van der Waals surface area contributed by atoms with Crippen LogP contribution in [0.2, 0.25) is 0 Å². The van der Waals surface area contributed by atoms with Gasteiger partial charge in [0, 0.05) is 5.69 Å². The third-order valence-electron chi connectivity index (χ3n) is 3.74. The molecule has 0 unspecified atom stereocenters. The van der Waals surface area contributed by atoms with E-state index in [0.29, 0.717) is 17.9 Å². The first-order valence-corrected chi connectivity index (χ1v) is 8.14. The average Bonchev–Trinajstić information content (AvgIpc) is 2.65. The van der Waals surface area contributed by atoms with E-state index in [1.807, 2.05) is 72.8 Å². The molecule has 25 heavy (non-hydrogen) atoms. The predicted octanol–water partition coefficient (Wildman–Crippen LogP) is 3.99. The molecule has 0 saturated carbocycles. The Morgan fingerprint density at radius 2 is 1.40 bits per heavy atom. The third kappa shape index (κ3) is 4.93. The highest BCUT2D eigenvalue weighted by Crippen LogP contribution is 2.22. The Balaban J connectivity index is 1.56. The summed E-state index contributed by atoms with van der Waals surface area (Å²) in [4.78, 5) is 12.2. The van der Waals surface area contributed by atoms with Gasteiger partial charge >= 0.3 is 0 Å². The van der Waals surface area contributed by atoms with Crippen molar-refractivity contribution in [3.05, 3.63) is 90.5 Å². The highest BCUT2D eigenvalue weighted by atomic mass is 16.5. The molecule has 3 aromatic rings. The zero-order valence-corrected chi connectivity index (χ0v) is 13.8. The summed E-state index contributed by atoms with van der Waals surface area (Å²) < 4.78 is 5.73. The van der Waals surface area contributed by atoms with Crippen LogP contribution < -0.4 is 15.8 Å². The van der Waals surface area contributed by atoms with Gasteiger partial charge in [-0.15, -0.1) is 0 Å². The number of carbonyl (C=O) groups is 1. The number of hydrogen-bond donors (Lipinski definition) is 2. The summed E-state index contributed by atoms with van der Waals surface area (Å²) in [6, 6.07) is 25.9. The minimum absolute atomic E-state index is 0.208. The standard InChI is InChI=1S/C21H20N2O2/c22-20(15-16-7-3-1-4-8-16)21(24)23-17-11-13-19(14-12-17)25-18-9-5-2-6-10-18/h1-14,20H,15,22H2,(H,23,24)/t20-/m0/s1. The van der Waals surface area contributed by atoms with Crippen LogP contribution in [0, 0.1) is 0 Å². The lowest BCUT2D eigenvalue weighted by Gasteiger charge is -2.13. The molecule has 0 fully saturated rings. The number of carbonyl (C=O) groups excluding carboxylic acids is 1. The molecule has 0 aliphatic rings. The van der Waals surface area contributed by atoms with Crippen LogP contribution in [0.3, 0.4) is 0 Å². The maximum Gasteiger partial charge on any atom is 0.241 e. The number of nitrogens with one attached hydrogen (secondary N) is 1. The van der Waals surface area contributed by atoms with Crippen LogP contribution in [0.5, 0.6) is 11.5 Å². The summed E-state index contributed by atoms with van der Waals surface area (Å²) in [5.74, 6) is 1.27. The van der Waals surface area contributed by atoms with Crippen molar-refractivity contribution < 1.29 is 9.53 Å². The summed E-state index contributed by atoms with van der Waals surface area (Å²) >= 11 is 0. The largest absolute Gasteiger partial charge is 0.457 e. The second-order valence-corrected chi connectivity index (χ2v) is 5.72. The van der Waals surface area contributed by atoms with Crippen LogP contribution >= 0.6 is 0 Å². The molecule has 4 nitrogen and oxygen atoms in total. The lowest BCUT2D eigenvalue weighted by molar-refractivity contribution is -0.117. The van der Waals surface area contributed by atoms with Gasteiger partial charge in [-0.25, -0.2) is 0 Å². The minimum atomic E-state index is -0.595. The molecule has 3 aromatic carbocycles. The summed E-state index contributed by atoms with van der Waals surface area (Å²) in [5.41, 5.74) is 7.72. The number of para-hydroxylation sites is 1. The van der Waals surface area contributed by atoms with Crippen LogP contribution in [0.15, 0.2) is 84.9 Å². The molecule has 1 amide bonds. The molecule has 0 aromatic heterocycles. The van der Waals surface area contributed by atoms with E-state index in [2.05, 4.69) is 5.32 Å². The third-order valence-corrected chi connectivity index (χ3v) is 3.74. The monoisotopic (exact) mass is 332 g/mol. The molecule has 126 valence electrons. The second kappa shape index (κ2) is 8.13. The Morgan fingerprint density at radius 3 is 2.04 bits per heavy atom. The van der Waals surface area contributed by atoms with Gasteiger partial charge in [0.1, 0.15) is 11.5 Å². The highest BCUT2D eigenvalue weighted by molar-refractivity contribution is 5.94. The molecule has 4 heteroatoms. The van der Waals surface area contributed by atoms with E-state index in [1.54, 1.807) is 12.1 Å². The van der Waals surface area contributed by atoms with Crippen LogP contribution in [0.4, 0.5) is 5.69 Å². The van der Waals surface area contributed by atoms with E-state index >= 15 is 0 Å². The molecule has 0 bridgehead atoms. The van der Waals surface area contributed by atoms with Gasteiger partial charge < -0.3 is 15.8 Å². The lowest BCUT2D eigenvalue weighted by atomic mass is 10.1. The van der Waals surface area contributed by atoms with Crippen molar-refractivity contribution in [3.8, 4) is 11.5 Å². The topological polar surface area (TPSA) is 64.4 Å². The first-order chi connectivity index (χ1) is 12.2. The van der Waals surface area contributed by atoms with Crippen molar-refractivity contribution in [1.29, 1.82) is 0 Å². The molecule has 0 aliphatic heterocycles. The van der Waals surface area contributed by atoms with Crippen molar-refractivity contribution in [1.82, 2.24) is 0 Å². The van der Waals surface area contributed by atoms with Crippen molar-refractivity contribution in [2.45, 2.75) is 12.5 Å². The zero-order chi connectivity index (χ0) is 17.5. The van der Waals surface area contributed by atoms with Gasteiger partial charge in [0.2, 0.25) is 5.91 Å². The van der Waals surface area contributed by atoms with Crippen molar-refractivity contribution in [2.24, 2.45) is 5.73 Å². The SMILES string of the molecule is N[C@@H](Cc1ccccc1)C(=O)Nc1ccc(Oc2ccccc2)cc1.